The molecule has 192 valence electrons. The van der Waals surface area contributed by atoms with E-state index in [1.54, 1.807) is 20.8 Å². The summed E-state index contributed by atoms with van der Waals surface area (Å²) >= 11 is 0. The molecular weight excluding hydrogens is 475 g/mol. The number of methoxy groups -OCH3 is 3. The smallest absolute Gasteiger partial charge is 0.451 e. The first-order chi connectivity index (χ1) is 16.3. The zero-order valence-corrected chi connectivity index (χ0v) is 20.1. The first kappa shape index (κ1) is 26.1. The second-order valence-electron chi connectivity index (χ2n) is 8.72. The number of fused-ring (bicyclic) bond motifs is 1. The molecule has 0 aliphatic carbocycles. The fraction of sp³-hybridized carbons (Fsp3) is 0.545. The Morgan fingerprint density at radius 2 is 1.66 bits per heavy atom. The lowest BCUT2D eigenvalue weighted by atomic mass is 10.2. The van der Waals surface area contributed by atoms with Crippen LogP contribution in [0.1, 0.15) is 33.0 Å². The van der Waals surface area contributed by atoms with E-state index < -0.39 is 41.8 Å². The van der Waals surface area contributed by atoms with Gasteiger partial charge in [0.15, 0.2) is 11.5 Å². The Labute approximate surface area is 199 Å². The van der Waals surface area contributed by atoms with Crippen molar-refractivity contribution in [2.24, 2.45) is 0 Å². The number of esters is 1. The van der Waals surface area contributed by atoms with E-state index >= 15 is 0 Å². The molecule has 2 aromatic rings. The summed E-state index contributed by atoms with van der Waals surface area (Å²) in [7, 11) is 3.87. The SMILES string of the molecule is COC(=O)[C@@H]1CC(Oc2nc(C(F)(F)F)nc3cc(OC)c(OC)cc23)CN1C(=O)OC(C)(C)C. The average Bonchev–Trinajstić information content (AvgIpc) is 3.19. The molecule has 2 atom stereocenters. The van der Waals surface area contributed by atoms with E-state index in [-0.39, 0.29) is 41.2 Å². The molecule has 1 aliphatic rings. The van der Waals surface area contributed by atoms with E-state index in [0.29, 0.717) is 0 Å². The first-order valence-corrected chi connectivity index (χ1v) is 10.5. The number of nitrogens with zero attached hydrogens (tertiary/aromatic N) is 3. The minimum atomic E-state index is -4.85. The lowest BCUT2D eigenvalue weighted by Crippen LogP contribution is -2.44. The van der Waals surface area contributed by atoms with Gasteiger partial charge in [0.2, 0.25) is 11.7 Å². The lowest BCUT2D eigenvalue weighted by Gasteiger charge is -2.27. The molecule has 2 heterocycles. The van der Waals surface area contributed by atoms with E-state index in [4.69, 9.17) is 23.7 Å². The van der Waals surface area contributed by atoms with Crippen molar-refractivity contribution in [2.75, 3.05) is 27.9 Å². The van der Waals surface area contributed by atoms with Gasteiger partial charge in [0.25, 0.3) is 0 Å². The molecule has 35 heavy (non-hydrogen) atoms. The standard InChI is InChI=1S/C22H26F3N3O7/c1-21(2,3)35-20(30)28-10-11(7-14(28)18(29)33-6)34-17-12-8-15(31-4)16(32-5)9-13(12)26-19(27-17)22(23,24)25/h8-9,11,14H,7,10H2,1-6H3/t11?,14-/m0/s1. The molecule has 0 N–H and O–H groups in total. The second kappa shape index (κ2) is 9.62. The number of hydrogen-bond acceptors (Lipinski definition) is 9. The van der Waals surface area contributed by atoms with Crippen LogP contribution < -0.4 is 14.2 Å². The van der Waals surface area contributed by atoms with E-state index in [9.17, 15) is 22.8 Å². The van der Waals surface area contributed by atoms with Crippen LogP contribution in [0, 0.1) is 0 Å². The molecule has 1 aromatic carbocycles. The van der Waals surface area contributed by atoms with Crippen LogP contribution in [-0.2, 0) is 20.4 Å². The number of rotatable bonds is 5. The monoisotopic (exact) mass is 501 g/mol. The van der Waals surface area contributed by atoms with Gasteiger partial charge < -0.3 is 23.7 Å². The second-order valence-corrected chi connectivity index (χ2v) is 8.72. The predicted molar refractivity (Wildman–Crippen MR) is 115 cm³/mol. The molecule has 1 aliphatic heterocycles. The fourth-order valence-electron chi connectivity index (χ4n) is 3.57. The van der Waals surface area contributed by atoms with Crippen LogP contribution in [0.4, 0.5) is 18.0 Å². The number of likely N-dealkylation sites (tertiary alicyclic amines) is 1. The van der Waals surface area contributed by atoms with Crippen LogP contribution in [-0.4, -0.2) is 72.6 Å². The topological polar surface area (TPSA) is 109 Å². The molecule has 1 amide bonds. The van der Waals surface area contributed by atoms with Gasteiger partial charge in [-0.1, -0.05) is 0 Å². The number of carbonyl (C=O) groups excluding carboxylic acids is 2. The summed E-state index contributed by atoms with van der Waals surface area (Å²) in [4.78, 5) is 33.3. The Bertz CT molecular complexity index is 1120. The van der Waals surface area contributed by atoms with Crippen LogP contribution in [0.3, 0.4) is 0 Å². The maximum Gasteiger partial charge on any atom is 0.451 e. The van der Waals surface area contributed by atoms with Gasteiger partial charge in [-0.3, -0.25) is 4.90 Å². The van der Waals surface area contributed by atoms with Gasteiger partial charge in [0.05, 0.1) is 38.8 Å². The number of halogens is 3. The highest BCUT2D eigenvalue weighted by atomic mass is 19.4. The van der Waals surface area contributed by atoms with E-state index in [0.717, 1.165) is 12.0 Å². The van der Waals surface area contributed by atoms with Gasteiger partial charge in [0, 0.05) is 12.5 Å². The van der Waals surface area contributed by atoms with Crippen molar-refractivity contribution in [1.82, 2.24) is 14.9 Å². The summed E-state index contributed by atoms with van der Waals surface area (Å²) in [5.41, 5.74) is -0.928. The highest BCUT2D eigenvalue weighted by molar-refractivity contribution is 5.87. The average molecular weight is 501 g/mol. The number of alkyl halides is 3. The van der Waals surface area contributed by atoms with Crippen LogP contribution >= 0.6 is 0 Å². The van der Waals surface area contributed by atoms with Crippen molar-refractivity contribution in [3.8, 4) is 17.4 Å². The maximum absolute atomic E-state index is 13.5. The van der Waals surface area contributed by atoms with Crippen molar-refractivity contribution < 1.29 is 46.4 Å². The number of carbonyl (C=O) groups is 2. The van der Waals surface area contributed by atoms with Crippen LogP contribution in [0.15, 0.2) is 12.1 Å². The Hall–Kier alpha value is -3.51. The third-order valence-electron chi connectivity index (χ3n) is 5.06. The van der Waals surface area contributed by atoms with Crippen LogP contribution in [0.5, 0.6) is 17.4 Å². The Morgan fingerprint density at radius 3 is 2.20 bits per heavy atom. The van der Waals surface area contributed by atoms with Gasteiger partial charge in [-0.15, -0.1) is 0 Å². The van der Waals surface area contributed by atoms with Crippen molar-refractivity contribution in [2.45, 2.75) is 51.1 Å². The zero-order valence-electron chi connectivity index (χ0n) is 20.1. The molecule has 3 rings (SSSR count). The fourth-order valence-corrected chi connectivity index (χ4v) is 3.57. The number of amides is 1. The Morgan fingerprint density at radius 1 is 1.03 bits per heavy atom. The molecule has 1 unspecified atom stereocenters. The predicted octanol–water partition coefficient (Wildman–Crippen LogP) is 3.60. The minimum absolute atomic E-state index is 0.0496. The van der Waals surface area contributed by atoms with Crippen molar-refractivity contribution in [3.05, 3.63) is 18.0 Å². The van der Waals surface area contributed by atoms with Gasteiger partial charge in [-0.25, -0.2) is 14.6 Å². The Kier molecular flexibility index (Phi) is 7.18. The molecular formula is C22H26F3N3O7. The maximum atomic E-state index is 13.5. The molecule has 0 radical (unpaired) electrons. The molecule has 10 nitrogen and oxygen atoms in total. The van der Waals surface area contributed by atoms with Crippen LogP contribution in [0.2, 0.25) is 0 Å². The molecule has 1 saturated heterocycles. The molecule has 1 fully saturated rings. The molecule has 0 saturated carbocycles. The molecule has 0 spiro atoms. The lowest BCUT2D eigenvalue weighted by molar-refractivity contribution is -0.146. The van der Waals surface area contributed by atoms with Gasteiger partial charge >= 0.3 is 18.2 Å². The molecule has 0 bridgehead atoms. The summed E-state index contributed by atoms with van der Waals surface area (Å²) in [6.45, 7) is 4.84. The largest absolute Gasteiger partial charge is 0.493 e. The number of hydrogen-bond donors (Lipinski definition) is 0. The highest BCUT2D eigenvalue weighted by Crippen LogP contribution is 2.38. The van der Waals surface area contributed by atoms with Crippen molar-refractivity contribution in [3.63, 3.8) is 0 Å². The van der Waals surface area contributed by atoms with E-state index in [2.05, 4.69) is 9.97 Å². The highest BCUT2D eigenvalue weighted by Gasteiger charge is 2.44. The molecule has 1 aromatic heterocycles. The van der Waals surface area contributed by atoms with Gasteiger partial charge in [-0.2, -0.15) is 18.2 Å². The summed E-state index contributed by atoms with van der Waals surface area (Å²) in [6.07, 6.45) is -6.58. The number of aromatic nitrogens is 2. The van der Waals surface area contributed by atoms with Crippen molar-refractivity contribution >= 4 is 23.0 Å². The minimum Gasteiger partial charge on any atom is -0.493 e. The number of benzene rings is 1. The summed E-state index contributed by atoms with van der Waals surface area (Å²) in [6, 6.07) is 1.61. The summed E-state index contributed by atoms with van der Waals surface area (Å²) in [5.74, 6) is -2.12. The van der Waals surface area contributed by atoms with Gasteiger partial charge in [0.1, 0.15) is 17.7 Å². The van der Waals surface area contributed by atoms with Crippen molar-refractivity contribution in [1.29, 1.82) is 0 Å². The Balaban J connectivity index is 2.02. The first-order valence-electron chi connectivity index (χ1n) is 10.5. The van der Waals surface area contributed by atoms with E-state index in [1.165, 1.54) is 26.4 Å². The van der Waals surface area contributed by atoms with Crippen LogP contribution in [0.25, 0.3) is 10.9 Å². The number of ether oxygens (including phenoxy) is 5. The van der Waals surface area contributed by atoms with Gasteiger partial charge in [-0.05, 0) is 26.8 Å². The zero-order chi connectivity index (χ0) is 26.1. The molecule has 13 heteroatoms. The summed E-state index contributed by atoms with van der Waals surface area (Å²) in [5, 5.41) is 0.126. The summed E-state index contributed by atoms with van der Waals surface area (Å²) < 4.78 is 66.9. The quantitative estimate of drug-likeness (QED) is 0.568. The third kappa shape index (κ3) is 5.77. The normalized spacial score (nSPS) is 18.4. The van der Waals surface area contributed by atoms with E-state index in [1.807, 2.05) is 0 Å². The third-order valence-corrected chi connectivity index (χ3v) is 5.06.